The van der Waals surface area contributed by atoms with Crippen molar-refractivity contribution < 1.29 is 19.4 Å². The fourth-order valence-electron chi connectivity index (χ4n) is 6.52. The van der Waals surface area contributed by atoms with Crippen molar-refractivity contribution >= 4 is 44.5 Å². The van der Waals surface area contributed by atoms with Crippen molar-refractivity contribution in [3.63, 3.8) is 0 Å². The Morgan fingerprint density at radius 1 is 0.476 bits per heavy atom. The van der Waals surface area contributed by atoms with E-state index in [2.05, 4.69) is 0 Å². The average molecular weight is 549 g/mol. The molecule has 0 spiro atoms. The molecule has 0 heterocycles. The lowest BCUT2D eigenvalue weighted by Crippen LogP contribution is -2.12. The Morgan fingerprint density at radius 3 is 1.86 bits per heavy atom. The number of ketones is 2. The maximum Gasteiger partial charge on any atom is 0.277 e. The van der Waals surface area contributed by atoms with Crippen LogP contribution in [0.4, 0.5) is 11.4 Å². The number of non-ortho nitro benzene ring substituents is 1. The molecule has 42 heavy (non-hydrogen) atoms. The lowest BCUT2D eigenvalue weighted by Gasteiger charge is -2.23. The summed E-state index contributed by atoms with van der Waals surface area (Å²) in [6.07, 6.45) is 0. The number of nitro benzene ring substituents is 2. The number of carbonyl (C=O) groups excluding carboxylic acids is 2. The predicted molar refractivity (Wildman–Crippen MR) is 158 cm³/mol. The van der Waals surface area contributed by atoms with Crippen LogP contribution in [0.15, 0.2) is 97.1 Å². The SMILES string of the molecule is O=C1c2ccccc2-c2cc(-c3cc4c5c(cccc5c3)C(=O)c3cccc([N+](=O)[O-])c3-4)cc3cc([N+](=O)[O-])cc1c23. The van der Waals surface area contributed by atoms with Gasteiger partial charge in [0.05, 0.1) is 15.4 Å². The van der Waals surface area contributed by atoms with Crippen molar-refractivity contribution in [2.24, 2.45) is 0 Å². The number of benzene rings is 6. The largest absolute Gasteiger partial charge is 0.289 e. The lowest BCUT2D eigenvalue weighted by atomic mass is 9.79. The molecule has 0 aromatic heterocycles. The van der Waals surface area contributed by atoms with Crippen LogP contribution in [0.1, 0.15) is 31.8 Å². The number of nitrogens with zero attached hydrogens (tertiary/aromatic N) is 2. The Bertz CT molecular complexity index is 2300. The molecule has 0 fully saturated rings. The molecule has 8 rings (SSSR count). The second-order valence-electron chi connectivity index (χ2n) is 10.5. The Morgan fingerprint density at radius 2 is 1.10 bits per heavy atom. The second-order valence-corrected chi connectivity index (χ2v) is 10.5. The highest BCUT2D eigenvalue weighted by Crippen LogP contribution is 2.48. The van der Waals surface area contributed by atoms with Gasteiger partial charge in [0.1, 0.15) is 0 Å². The molecule has 0 N–H and O–H groups in total. The summed E-state index contributed by atoms with van der Waals surface area (Å²) in [7, 11) is 0. The zero-order valence-corrected chi connectivity index (χ0v) is 21.6. The first-order valence-electron chi connectivity index (χ1n) is 13.1. The molecule has 6 aromatic rings. The number of rotatable bonds is 3. The fourth-order valence-corrected chi connectivity index (χ4v) is 6.52. The summed E-state index contributed by atoms with van der Waals surface area (Å²) >= 11 is 0. The van der Waals surface area contributed by atoms with Crippen molar-refractivity contribution in [3.05, 3.63) is 140 Å². The van der Waals surface area contributed by atoms with Crippen LogP contribution in [-0.4, -0.2) is 21.4 Å². The molecular weight excluding hydrogens is 532 g/mol. The third-order valence-electron chi connectivity index (χ3n) is 8.26. The van der Waals surface area contributed by atoms with Crippen LogP contribution >= 0.6 is 0 Å². The van der Waals surface area contributed by atoms with Gasteiger partial charge in [-0.05, 0) is 68.9 Å². The van der Waals surface area contributed by atoms with Gasteiger partial charge in [-0.25, -0.2) is 0 Å². The number of carbonyl (C=O) groups is 2. The molecule has 6 aromatic carbocycles. The number of hydrogen-bond donors (Lipinski definition) is 0. The third kappa shape index (κ3) is 3.11. The summed E-state index contributed by atoms with van der Waals surface area (Å²) < 4.78 is 0. The van der Waals surface area contributed by atoms with Gasteiger partial charge in [-0.1, -0.05) is 48.5 Å². The molecule has 0 atom stereocenters. The first kappa shape index (κ1) is 23.8. The van der Waals surface area contributed by atoms with E-state index in [0.717, 1.165) is 16.5 Å². The van der Waals surface area contributed by atoms with E-state index in [1.807, 2.05) is 42.5 Å². The van der Waals surface area contributed by atoms with Crippen molar-refractivity contribution in [2.45, 2.75) is 0 Å². The standard InChI is InChI=1S/C34H16N2O6/c37-33-23-7-2-1-6-22(23)26-14-19(12-20-13-21(35(39)40)16-28(33)31(20)26)18-11-17-5-3-8-24-30(17)27(15-18)32-25(34(24)38)9-4-10-29(32)36(41)42/h1-16H. The minimum atomic E-state index is -0.509. The second kappa shape index (κ2) is 8.25. The molecule has 0 bridgehead atoms. The van der Waals surface area contributed by atoms with Crippen LogP contribution < -0.4 is 0 Å². The lowest BCUT2D eigenvalue weighted by molar-refractivity contribution is -0.384. The molecule has 0 saturated heterocycles. The quantitative estimate of drug-likeness (QED) is 0.163. The summed E-state index contributed by atoms with van der Waals surface area (Å²) in [6, 6.07) is 27.4. The summed E-state index contributed by atoms with van der Waals surface area (Å²) in [4.78, 5) is 49.8. The summed E-state index contributed by atoms with van der Waals surface area (Å²) in [6.45, 7) is 0. The minimum absolute atomic E-state index is 0.157. The van der Waals surface area contributed by atoms with Crippen molar-refractivity contribution in [2.75, 3.05) is 0 Å². The molecule has 0 saturated carbocycles. The Hall–Kier alpha value is -6.02. The van der Waals surface area contributed by atoms with E-state index >= 15 is 0 Å². The average Bonchev–Trinajstić information content (AvgIpc) is 3.01. The van der Waals surface area contributed by atoms with Crippen molar-refractivity contribution in [1.29, 1.82) is 0 Å². The first-order valence-corrected chi connectivity index (χ1v) is 13.1. The third-order valence-corrected chi connectivity index (χ3v) is 8.26. The summed E-state index contributed by atoms with van der Waals surface area (Å²) in [5, 5.41) is 26.5. The van der Waals surface area contributed by atoms with Gasteiger partial charge in [0.15, 0.2) is 11.6 Å². The highest BCUT2D eigenvalue weighted by molar-refractivity contribution is 6.28. The monoisotopic (exact) mass is 548 g/mol. The van der Waals surface area contributed by atoms with Gasteiger partial charge in [-0.15, -0.1) is 0 Å². The molecule has 0 unspecified atom stereocenters. The number of nitro groups is 2. The molecule has 0 radical (unpaired) electrons. The van der Waals surface area contributed by atoms with Crippen LogP contribution in [0, 0.1) is 20.2 Å². The molecule has 8 heteroatoms. The number of hydrogen-bond acceptors (Lipinski definition) is 6. The van der Waals surface area contributed by atoms with Crippen molar-refractivity contribution in [1.82, 2.24) is 0 Å². The maximum atomic E-state index is 13.4. The topological polar surface area (TPSA) is 120 Å². The van der Waals surface area contributed by atoms with E-state index in [1.54, 1.807) is 30.3 Å². The van der Waals surface area contributed by atoms with Gasteiger partial charge in [-0.2, -0.15) is 0 Å². The van der Waals surface area contributed by atoms with Gasteiger partial charge in [0, 0.05) is 51.2 Å². The number of fused-ring (bicyclic) bond motifs is 4. The van der Waals surface area contributed by atoms with E-state index in [1.165, 1.54) is 24.3 Å². The molecule has 198 valence electrons. The van der Waals surface area contributed by atoms with Crippen LogP contribution in [0.3, 0.4) is 0 Å². The molecule has 2 aliphatic rings. The van der Waals surface area contributed by atoms with Crippen LogP contribution in [-0.2, 0) is 0 Å². The van der Waals surface area contributed by atoms with E-state index in [-0.39, 0.29) is 39.6 Å². The Labute approximate surface area is 236 Å². The Balaban J connectivity index is 1.48. The molecular formula is C34H16N2O6. The van der Waals surface area contributed by atoms with Crippen LogP contribution in [0.5, 0.6) is 0 Å². The first-order chi connectivity index (χ1) is 20.3. The fraction of sp³-hybridized carbons (Fsp3) is 0. The normalized spacial score (nSPS) is 12.8. The predicted octanol–water partition coefficient (Wildman–Crippen LogP) is 7.90. The molecule has 0 aliphatic heterocycles. The van der Waals surface area contributed by atoms with Gasteiger partial charge < -0.3 is 0 Å². The smallest absolute Gasteiger partial charge is 0.277 e. The maximum absolute atomic E-state index is 13.4. The van der Waals surface area contributed by atoms with Crippen molar-refractivity contribution in [3.8, 4) is 33.4 Å². The summed E-state index contributed by atoms with van der Waals surface area (Å²) in [5.41, 5.74) is 4.92. The van der Waals surface area contributed by atoms with E-state index in [4.69, 9.17) is 0 Å². The minimum Gasteiger partial charge on any atom is -0.289 e. The molecule has 0 amide bonds. The highest BCUT2D eigenvalue weighted by Gasteiger charge is 2.32. The van der Waals surface area contributed by atoms with Gasteiger partial charge >= 0.3 is 0 Å². The Kier molecular flexibility index (Phi) is 4.68. The zero-order chi connectivity index (χ0) is 28.9. The molecule has 8 nitrogen and oxygen atoms in total. The zero-order valence-electron chi connectivity index (χ0n) is 21.6. The van der Waals surface area contributed by atoms with Gasteiger partial charge in [-0.3, -0.25) is 29.8 Å². The van der Waals surface area contributed by atoms with Crippen LogP contribution in [0.2, 0.25) is 0 Å². The summed E-state index contributed by atoms with van der Waals surface area (Å²) in [5.74, 6) is -0.536. The van der Waals surface area contributed by atoms with E-state index in [0.29, 0.717) is 44.0 Å². The highest BCUT2D eigenvalue weighted by atomic mass is 16.6. The van der Waals surface area contributed by atoms with Gasteiger partial charge in [0.25, 0.3) is 11.4 Å². The van der Waals surface area contributed by atoms with Crippen LogP contribution in [0.25, 0.3) is 54.9 Å². The molecule has 2 aliphatic carbocycles. The van der Waals surface area contributed by atoms with Gasteiger partial charge in [0.2, 0.25) is 0 Å². The van der Waals surface area contributed by atoms with E-state index in [9.17, 15) is 29.8 Å². The van der Waals surface area contributed by atoms with E-state index < -0.39 is 9.85 Å².